The van der Waals surface area contributed by atoms with Crippen LogP contribution in [0.15, 0.2) is 18.2 Å². The summed E-state index contributed by atoms with van der Waals surface area (Å²) in [5.41, 5.74) is 0.663. The second kappa shape index (κ2) is 6.14. The van der Waals surface area contributed by atoms with Gasteiger partial charge in [0.2, 0.25) is 0 Å². The number of amides is 1. The first kappa shape index (κ1) is 14.9. The summed E-state index contributed by atoms with van der Waals surface area (Å²) in [5.74, 6) is 2.54. The number of hydrogen-bond acceptors (Lipinski definition) is 3. The fraction of sp³-hybridized carbons (Fsp3) is 0.400. The number of ether oxygens (including phenoxy) is 1. The zero-order valence-electron chi connectivity index (χ0n) is 11.5. The summed E-state index contributed by atoms with van der Waals surface area (Å²) in [6.07, 6.45) is 5.89. The molecule has 19 heavy (non-hydrogen) atoms. The second-order valence-electron chi connectivity index (χ2n) is 5.18. The molecule has 0 aliphatic heterocycles. The zero-order valence-corrected chi connectivity index (χ0v) is 11.5. The van der Waals surface area contributed by atoms with Crippen LogP contribution in [-0.4, -0.2) is 16.8 Å². The molecule has 0 bridgehead atoms. The highest BCUT2D eigenvalue weighted by Gasteiger charge is 2.17. The number of carbonyl (C=O) groups excluding carboxylic acids is 1. The molecule has 0 aliphatic rings. The topological polar surface area (TPSA) is 58.6 Å². The molecule has 0 radical (unpaired) electrons. The smallest absolute Gasteiger partial charge is 0.412 e. The number of anilines is 1. The molecule has 1 aromatic carbocycles. The van der Waals surface area contributed by atoms with Gasteiger partial charge in [-0.2, -0.15) is 0 Å². The lowest BCUT2D eigenvalue weighted by atomic mass is 10.1. The van der Waals surface area contributed by atoms with Crippen molar-refractivity contribution in [3.8, 4) is 18.1 Å². The number of phenols is 1. The standard InChI is InChI=1S/C15H19NO3/c1-5-6-7-11-8-9-12(13(17)10-11)16-14(18)19-15(2,3)4/h1,8-10,17H,6-7H2,2-4H3,(H,16,18). The van der Waals surface area contributed by atoms with Crippen molar-refractivity contribution in [2.45, 2.75) is 39.2 Å². The van der Waals surface area contributed by atoms with Crippen LogP contribution >= 0.6 is 0 Å². The molecule has 0 aliphatic carbocycles. The lowest BCUT2D eigenvalue weighted by molar-refractivity contribution is 0.0635. The summed E-state index contributed by atoms with van der Waals surface area (Å²) < 4.78 is 5.10. The SMILES string of the molecule is C#CCCc1ccc(NC(=O)OC(C)(C)C)c(O)c1. The summed E-state index contributed by atoms with van der Waals surface area (Å²) >= 11 is 0. The molecule has 1 amide bonds. The van der Waals surface area contributed by atoms with Crippen LogP contribution in [0.1, 0.15) is 32.8 Å². The van der Waals surface area contributed by atoms with Crippen LogP contribution in [0, 0.1) is 12.3 Å². The molecule has 4 heteroatoms. The summed E-state index contributed by atoms with van der Waals surface area (Å²) in [7, 11) is 0. The van der Waals surface area contributed by atoms with Gasteiger partial charge >= 0.3 is 6.09 Å². The van der Waals surface area contributed by atoms with Gasteiger partial charge in [-0.1, -0.05) is 6.07 Å². The molecule has 1 aromatic rings. The maximum atomic E-state index is 11.6. The van der Waals surface area contributed by atoms with Crippen LogP contribution in [-0.2, 0) is 11.2 Å². The van der Waals surface area contributed by atoms with Gasteiger partial charge in [0.25, 0.3) is 0 Å². The number of terminal acetylenes is 1. The van der Waals surface area contributed by atoms with Gasteiger partial charge in [0.1, 0.15) is 11.4 Å². The minimum absolute atomic E-state index is 0.000352. The Morgan fingerprint density at radius 1 is 1.47 bits per heavy atom. The number of aryl methyl sites for hydroxylation is 1. The summed E-state index contributed by atoms with van der Waals surface area (Å²) in [5, 5.41) is 12.3. The molecule has 0 fully saturated rings. The van der Waals surface area contributed by atoms with E-state index in [0.717, 1.165) is 5.56 Å². The lowest BCUT2D eigenvalue weighted by Gasteiger charge is -2.20. The molecule has 0 saturated heterocycles. The van der Waals surface area contributed by atoms with E-state index in [-0.39, 0.29) is 5.75 Å². The van der Waals surface area contributed by atoms with Crippen molar-refractivity contribution in [3.05, 3.63) is 23.8 Å². The number of aromatic hydroxyl groups is 1. The molecular weight excluding hydrogens is 242 g/mol. The third-order valence-electron chi connectivity index (χ3n) is 2.26. The van der Waals surface area contributed by atoms with E-state index in [9.17, 15) is 9.90 Å². The van der Waals surface area contributed by atoms with Crippen LogP contribution < -0.4 is 5.32 Å². The van der Waals surface area contributed by atoms with Crippen LogP contribution in [0.2, 0.25) is 0 Å². The molecule has 4 nitrogen and oxygen atoms in total. The molecule has 0 heterocycles. The van der Waals surface area contributed by atoms with Gasteiger partial charge in [-0.3, -0.25) is 5.32 Å². The predicted molar refractivity (Wildman–Crippen MR) is 75.1 cm³/mol. The predicted octanol–water partition coefficient (Wildman–Crippen LogP) is 3.31. The van der Waals surface area contributed by atoms with Crippen molar-refractivity contribution >= 4 is 11.8 Å². The average Bonchev–Trinajstić information content (AvgIpc) is 2.27. The number of benzene rings is 1. The number of carbonyl (C=O) groups is 1. The number of nitrogens with one attached hydrogen (secondary N) is 1. The maximum absolute atomic E-state index is 11.6. The second-order valence-corrected chi connectivity index (χ2v) is 5.18. The van der Waals surface area contributed by atoms with Crippen LogP contribution in [0.3, 0.4) is 0 Å². The van der Waals surface area contributed by atoms with Crippen LogP contribution in [0.25, 0.3) is 0 Å². The highest BCUT2D eigenvalue weighted by atomic mass is 16.6. The summed E-state index contributed by atoms with van der Waals surface area (Å²) in [6, 6.07) is 5.03. The molecular formula is C15H19NO3. The lowest BCUT2D eigenvalue weighted by Crippen LogP contribution is -2.27. The Hall–Kier alpha value is -2.15. The van der Waals surface area contributed by atoms with E-state index >= 15 is 0 Å². The van der Waals surface area contributed by atoms with Gasteiger partial charge in [-0.05, 0) is 44.9 Å². The zero-order chi connectivity index (χ0) is 14.5. The molecule has 1 rings (SSSR count). The summed E-state index contributed by atoms with van der Waals surface area (Å²) in [6.45, 7) is 5.32. The molecule has 102 valence electrons. The summed E-state index contributed by atoms with van der Waals surface area (Å²) in [4.78, 5) is 11.6. The fourth-order valence-corrected chi connectivity index (χ4v) is 1.47. The van der Waals surface area contributed by atoms with E-state index in [1.54, 1.807) is 32.9 Å². The van der Waals surface area contributed by atoms with E-state index < -0.39 is 11.7 Å². The van der Waals surface area contributed by atoms with E-state index in [1.165, 1.54) is 0 Å². The Bertz CT molecular complexity index is 495. The largest absolute Gasteiger partial charge is 0.506 e. The third kappa shape index (κ3) is 5.35. The number of hydrogen-bond donors (Lipinski definition) is 2. The Morgan fingerprint density at radius 2 is 2.16 bits per heavy atom. The van der Waals surface area contributed by atoms with Gasteiger partial charge in [-0.25, -0.2) is 4.79 Å². The molecule has 0 saturated carbocycles. The highest BCUT2D eigenvalue weighted by molar-refractivity contribution is 5.86. The molecule has 0 atom stereocenters. The minimum atomic E-state index is -0.598. The Morgan fingerprint density at radius 3 is 2.68 bits per heavy atom. The van der Waals surface area contributed by atoms with Crippen molar-refractivity contribution in [1.82, 2.24) is 0 Å². The van der Waals surface area contributed by atoms with Crippen molar-refractivity contribution in [1.29, 1.82) is 0 Å². The van der Waals surface area contributed by atoms with E-state index in [2.05, 4.69) is 11.2 Å². The van der Waals surface area contributed by atoms with Crippen molar-refractivity contribution in [2.24, 2.45) is 0 Å². The van der Waals surface area contributed by atoms with E-state index in [0.29, 0.717) is 18.5 Å². The molecule has 0 unspecified atom stereocenters. The first-order chi connectivity index (χ1) is 8.81. The minimum Gasteiger partial charge on any atom is -0.506 e. The Labute approximate surface area is 113 Å². The van der Waals surface area contributed by atoms with Gasteiger partial charge in [0.15, 0.2) is 0 Å². The first-order valence-electron chi connectivity index (χ1n) is 6.07. The van der Waals surface area contributed by atoms with E-state index in [1.807, 2.05) is 6.07 Å². The molecule has 2 N–H and O–H groups in total. The highest BCUT2D eigenvalue weighted by Crippen LogP contribution is 2.25. The van der Waals surface area contributed by atoms with Crippen LogP contribution in [0.5, 0.6) is 5.75 Å². The molecule has 0 spiro atoms. The van der Waals surface area contributed by atoms with Gasteiger partial charge in [-0.15, -0.1) is 12.3 Å². The normalized spacial score (nSPS) is 10.6. The number of phenolic OH excluding ortho intramolecular Hbond substituents is 1. The van der Waals surface area contributed by atoms with Crippen molar-refractivity contribution < 1.29 is 14.6 Å². The number of rotatable bonds is 3. The van der Waals surface area contributed by atoms with E-state index in [4.69, 9.17) is 11.2 Å². The van der Waals surface area contributed by atoms with Gasteiger partial charge in [0, 0.05) is 6.42 Å². The van der Waals surface area contributed by atoms with Gasteiger partial charge in [0.05, 0.1) is 5.69 Å². The van der Waals surface area contributed by atoms with Crippen molar-refractivity contribution in [3.63, 3.8) is 0 Å². The Balaban J connectivity index is 2.70. The van der Waals surface area contributed by atoms with Gasteiger partial charge < -0.3 is 9.84 Å². The quantitative estimate of drug-likeness (QED) is 0.648. The fourth-order valence-electron chi connectivity index (χ4n) is 1.47. The first-order valence-corrected chi connectivity index (χ1v) is 6.07. The average molecular weight is 261 g/mol. The molecule has 0 aromatic heterocycles. The maximum Gasteiger partial charge on any atom is 0.412 e. The third-order valence-corrected chi connectivity index (χ3v) is 2.26. The van der Waals surface area contributed by atoms with Crippen molar-refractivity contribution in [2.75, 3.05) is 5.32 Å². The Kier molecular flexibility index (Phi) is 4.82. The van der Waals surface area contributed by atoms with Crippen LogP contribution in [0.4, 0.5) is 10.5 Å². The monoisotopic (exact) mass is 261 g/mol.